The van der Waals surface area contributed by atoms with E-state index in [0.717, 1.165) is 29.0 Å². The first-order valence-corrected chi connectivity index (χ1v) is 11.7. The summed E-state index contributed by atoms with van der Waals surface area (Å²) >= 11 is 0. The van der Waals surface area contributed by atoms with Gasteiger partial charge >= 0.3 is 6.18 Å². The average molecular weight is 481 g/mol. The molecule has 0 aliphatic carbocycles. The van der Waals surface area contributed by atoms with Crippen LogP contribution in [0.15, 0.2) is 24.3 Å². The Morgan fingerprint density at radius 2 is 2.12 bits per heavy atom. The minimum atomic E-state index is -4.17. The number of aliphatic hydroxyl groups excluding tert-OH is 1. The van der Waals surface area contributed by atoms with E-state index in [4.69, 9.17) is 9.84 Å². The number of nitrogens with zero attached hydrogens (tertiary/aromatic N) is 4. The van der Waals surface area contributed by atoms with Gasteiger partial charge in [0.1, 0.15) is 5.75 Å². The molecule has 2 aliphatic rings. The Kier molecular flexibility index (Phi) is 7.47. The summed E-state index contributed by atoms with van der Waals surface area (Å²) in [7, 11) is 1.60. The maximum absolute atomic E-state index is 13.4. The van der Waals surface area contributed by atoms with Crippen LogP contribution in [-0.4, -0.2) is 76.2 Å². The van der Waals surface area contributed by atoms with Crippen LogP contribution in [0, 0.1) is 0 Å². The summed E-state index contributed by atoms with van der Waals surface area (Å²) in [6.07, 6.45) is -3.51. The molecule has 1 unspecified atom stereocenters. The van der Waals surface area contributed by atoms with Gasteiger partial charge in [-0.15, -0.1) is 0 Å². The molecule has 1 fully saturated rings. The number of β-amino-alcohol motifs (C(OH)–C–C–N with tert-alkyl or cyclic N) is 1. The van der Waals surface area contributed by atoms with Gasteiger partial charge in [0.2, 0.25) is 0 Å². The number of carbonyl (C=O) groups is 1. The van der Waals surface area contributed by atoms with E-state index in [1.54, 1.807) is 12.0 Å². The summed E-state index contributed by atoms with van der Waals surface area (Å²) in [6.45, 7) is 2.61. The maximum Gasteiger partial charge on any atom is 0.389 e. The number of methoxy groups -OCH3 is 1. The van der Waals surface area contributed by atoms with E-state index >= 15 is 0 Å². The topological polar surface area (TPSA) is 70.8 Å². The van der Waals surface area contributed by atoms with Crippen molar-refractivity contribution in [1.29, 1.82) is 0 Å². The van der Waals surface area contributed by atoms with E-state index in [1.165, 1.54) is 0 Å². The third-order valence-electron chi connectivity index (χ3n) is 6.50. The van der Waals surface area contributed by atoms with Crippen LogP contribution in [0.2, 0.25) is 0 Å². The van der Waals surface area contributed by atoms with Crippen molar-refractivity contribution in [2.75, 3.05) is 33.3 Å². The quantitative estimate of drug-likeness (QED) is 0.659. The summed E-state index contributed by atoms with van der Waals surface area (Å²) in [5.41, 5.74) is 3.04. The number of rotatable bonds is 7. The van der Waals surface area contributed by atoms with Crippen LogP contribution in [0.25, 0.3) is 0 Å². The highest BCUT2D eigenvalue weighted by Gasteiger charge is 2.33. The molecule has 3 heterocycles. The molecule has 4 rings (SSSR count). The number of aliphatic hydroxyl groups is 1. The Morgan fingerprint density at radius 3 is 2.85 bits per heavy atom. The van der Waals surface area contributed by atoms with E-state index in [9.17, 15) is 23.1 Å². The van der Waals surface area contributed by atoms with Crippen molar-refractivity contribution in [3.63, 3.8) is 0 Å². The van der Waals surface area contributed by atoms with Gasteiger partial charge < -0.3 is 14.7 Å². The van der Waals surface area contributed by atoms with Crippen molar-refractivity contribution in [3.05, 3.63) is 46.8 Å². The second-order valence-electron chi connectivity index (χ2n) is 9.08. The molecule has 0 radical (unpaired) electrons. The lowest BCUT2D eigenvalue weighted by atomic mass is 10.0. The van der Waals surface area contributed by atoms with E-state index in [1.807, 2.05) is 33.8 Å². The average Bonchev–Trinajstić information content (AvgIpc) is 3.15. The van der Waals surface area contributed by atoms with Crippen molar-refractivity contribution < 1.29 is 27.8 Å². The minimum absolute atomic E-state index is 0.0262. The standard InChI is InChI=1S/C24H31F3N4O3/c1-34-19-7-2-5-17(13-19)14-31-21-8-12-29(10-4-9-24(25,26)27)16-20(21)22(28-31)23(33)30-11-3-6-18(32)15-30/h2,5,7,13,18,32H,3-4,6,8-12,14-16H2,1H3. The minimum Gasteiger partial charge on any atom is -0.497 e. The van der Waals surface area contributed by atoms with Gasteiger partial charge in [0.25, 0.3) is 5.91 Å². The molecular formula is C24H31F3N4O3. The molecule has 7 nitrogen and oxygen atoms in total. The number of ether oxygens (including phenoxy) is 1. The third-order valence-corrected chi connectivity index (χ3v) is 6.50. The van der Waals surface area contributed by atoms with Crippen molar-refractivity contribution in [1.82, 2.24) is 19.6 Å². The lowest BCUT2D eigenvalue weighted by Crippen LogP contribution is -2.43. The van der Waals surface area contributed by atoms with Crippen molar-refractivity contribution >= 4 is 5.91 Å². The fourth-order valence-electron chi connectivity index (χ4n) is 4.78. The Morgan fingerprint density at radius 1 is 1.29 bits per heavy atom. The van der Waals surface area contributed by atoms with Gasteiger partial charge in [-0.3, -0.25) is 14.4 Å². The van der Waals surface area contributed by atoms with E-state index in [-0.39, 0.29) is 18.9 Å². The number of fused-ring (bicyclic) bond motifs is 1. The van der Waals surface area contributed by atoms with Crippen LogP contribution in [0.4, 0.5) is 13.2 Å². The van der Waals surface area contributed by atoms with E-state index in [0.29, 0.717) is 51.3 Å². The third kappa shape index (κ3) is 5.90. The Labute approximate surface area is 197 Å². The van der Waals surface area contributed by atoms with Crippen LogP contribution in [0.5, 0.6) is 5.75 Å². The number of amides is 1. The number of hydrogen-bond donors (Lipinski definition) is 1. The number of piperidine rings is 1. The maximum atomic E-state index is 13.4. The van der Waals surface area contributed by atoms with E-state index in [2.05, 4.69) is 0 Å². The molecule has 1 aromatic carbocycles. The fourth-order valence-corrected chi connectivity index (χ4v) is 4.78. The van der Waals surface area contributed by atoms with E-state index < -0.39 is 18.7 Å². The number of hydrogen-bond acceptors (Lipinski definition) is 5. The molecule has 1 amide bonds. The van der Waals surface area contributed by atoms with Crippen molar-refractivity contribution in [2.45, 2.75) is 57.5 Å². The highest BCUT2D eigenvalue weighted by molar-refractivity contribution is 5.94. The molecule has 1 atom stereocenters. The number of carbonyl (C=O) groups excluding carboxylic acids is 1. The van der Waals surface area contributed by atoms with Crippen LogP contribution in [0.3, 0.4) is 0 Å². The molecular weight excluding hydrogens is 449 g/mol. The summed E-state index contributed by atoms with van der Waals surface area (Å²) in [4.78, 5) is 17.0. The first-order chi connectivity index (χ1) is 16.2. The van der Waals surface area contributed by atoms with Crippen molar-refractivity contribution in [3.8, 4) is 5.75 Å². The Hall–Kier alpha value is -2.59. The fraction of sp³-hybridized carbons (Fsp3) is 0.583. The van der Waals surface area contributed by atoms with Crippen LogP contribution in [-0.2, 0) is 19.5 Å². The molecule has 0 bridgehead atoms. The Bertz CT molecular complexity index is 1010. The molecule has 10 heteroatoms. The molecule has 2 aromatic rings. The van der Waals surface area contributed by atoms with Crippen LogP contribution >= 0.6 is 0 Å². The van der Waals surface area contributed by atoms with Gasteiger partial charge in [-0.05, 0) is 43.5 Å². The molecule has 0 spiro atoms. The van der Waals surface area contributed by atoms with Gasteiger partial charge in [-0.25, -0.2) is 0 Å². The Balaban J connectivity index is 1.59. The lowest BCUT2D eigenvalue weighted by molar-refractivity contribution is -0.136. The summed E-state index contributed by atoms with van der Waals surface area (Å²) < 4.78 is 45.0. The molecule has 186 valence electrons. The normalized spacial score (nSPS) is 19.2. The molecule has 1 saturated heterocycles. The largest absolute Gasteiger partial charge is 0.497 e. The lowest BCUT2D eigenvalue weighted by Gasteiger charge is -2.31. The molecule has 34 heavy (non-hydrogen) atoms. The zero-order valence-corrected chi connectivity index (χ0v) is 19.4. The van der Waals surface area contributed by atoms with Gasteiger partial charge in [-0.2, -0.15) is 18.3 Å². The van der Waals surface area contributed by atoms with Crippen molar-refractivity contribution in [2.24, 2.45) is 0 Å². The highest BCUT2D eigenvalue weighted by Crippen LogP contribution is 2.28. The number of alkyl halides is 3. The molecule has 1 N–H and O–H groups in total. The van der Waals surface area contributed by atoms with Crippen LogP contribution in [0.1, 0.15) is 53.0 Å². The molecule has 0 saturated carbocycles. The highest BCUT2D eigenvalue weighted by atomic mass is 19.4. The summed E-state index contributed by atoms with van der Waals surface area (Å²) in [5.74, 6) is 0.504. The second kappa shape index (κ2) is 10.4. The summed E-state index contributed by atoms with van der Waals surface area (Å²) in [5, 5.41) is 14.7. The number of halogens is 3. The van der Waals surface area contributed by atoms with Gasteiger partial charge in [0.05, 0.1) is 19.8 Å². The zero-order chi connectivity index (χ0) is 24.3. The molecule has 2 aliphatic heterocycles. The molecule has 1 aromatic heterocycles. The monoisotopic (exact) mass is 480 g/mol. The predicted octanol–water partition coefficient (Wildman–Crippen LogP) is 3.24. The van der Waals surface area contributed by atoms with Crippen LogP contribution < -0.4 is 4.74 Å². The smallest absolute Gasteiger partial charge is 0.389 e. The van der Waals surface area contributed by atoms with Gasteiger partial charge in [-0.1, -0.05) is 12.1 Å². The zero-order valence-electron chi connectivity index (χ0n) is 19.4. The second-order valence-corrected chi connectivity index (χ2v) is 9.08. The number of likely N-dealkylation sites (tertiary alicyclic amines) is 1. The number of aromatic nitrogens is 2. The first-order valence-electron chi connectivity index (χ1n) is 11.7. The summed E-state index contributed by atoms with van der Waals surface area (Å²) in [6, 6.07) is 7.64. The SMILES string of the molecule is COc1cccc(Cn2nc(C(=O)N3CCCC(O)C3)c3c2CCN(CCCC(F)(F)F)C3)c1. The van der Waals surface area contributed by atoms with Gasteiger partial charge in [0.15, 0.2) is 5.69 Å². The first kappa shape index (κ1) is 24.5. The number of benzene rings is 1. The predicted molar refractivity (Wildman–Crippen MR) is 120 cm³/mol. The van der Waals surface area contributed by atoms with Gasteiger partial charge in [0, 0.05) is 50.3 Å².